The molecule has 1 rings (SSSR count). The van der Waals surface area contributed by atoms with Crippen molar-refractivity contribution in [2.24, 2.45) is 5.41 Å². The number of rotatable bonds is 1. The van der Waals surface area contributed by atoms with Crippen molar-refractivity contribution in [3.8, 4) is 0 Å². The van der Waals surface area contributed by atoms with Crippen LogP contribution in [0.25, 0.3) is 0 Å². The van der Waals surface area contributed by atoms with Gasteiger partial charge < -0.3 is 5.73 Å². The fourth-order valence-corrected chi connectivity index (χ4v) is 1.36. The molecule has 0 aromatic heterocycles. The molecule has 0 atom stereocenters. The molecule has 0 aliphatic rings. The van der Waals surface area contributed by atoms with Crippen LogP contribution in [0.3, 0.4) is 0 Å². The second-order valence-electron chi connectivity index (χ2n) is 5.50. The first-order valence-electron chi connectivity index (χ1n) is 5.11. The van der Waals surface area contributed by atoms with E-state index in [2.05, 4.69) is 46.8 Å². The van der Waals surface area contributed by atoms with Crippen LogP contribution in [0, 0.1) is 5.41 Å². The van der Waals surface area contributed by atoms with Crippen molar-refractivity contribution in [2.45, 2.75) is 40.0 Å². The van der Waals surface area contributed by atoms with E-state index in [0.29, 0.717) is 0 Å². The molecule has 0 saturated heterocycles. The third-order valence-electron chi connectivity index (χ3n) is 3.48. The Bertz CT molecular complexity index is 318. The van der Waals surface area contributed by atoms with Gasteiger partial charge in [0, 0.05) is 5.69 Å². The molecule has 0 heterocycles. The lowest BCUT2D eigenvalue weighted by atomic mass is 9.65. The summed E-state index contributed by atoms with van der Waals surface area (Å²) in [6.07, 6.45) is 0. The van der Waals surface area contributed by atoms with Crippen molar-refractivity contribution in [1.29, 1.82) is 0 Å². The summed E-state index contributed by atoms with van der Waals surface area (Å²) in [7, 11) is 0. The minimum Gasteiger partial charge on any atom is -0.399 e. The quantitative estimate of drug-likeness (QED) is 0.674. The largest absolute Gasteiger partial charge is 0.399 e. The minimum absolute atomic E-state index is 0.141. The third-order valence-corrected chi connectivity index (χ3v) is 3.48. The maximum Gasteiger partial charge on any atom is 0.0316 e. The van der Waals surface area contributed by atoms with Gasteiger partial charge in [-0.3, -0.25) is 0 Å². The van der Waals surface area contributed by atoms with E-state index in [1.54, 1.807) is 0 Å². The molecule has 0 amide bonds. The van der Waals surface area contributed by atoms with Crippen LogP contribution in [-0.2, 0) is 5.41 Å². The van der Waals surface area contributed by atoms with Crippen molar-refractivity contribution in [3.05, 3.63) is 29.8 Å². The van der Waals surface area contributed by atoms with Gasteiger partial charge in [0.1, 0.15) is 0 Å². The highest BCUT2D eigenvalue weighted by molar-refractivity contribution is 5.43. The van der Waals surface area contributed by atoms with Gasteiger partial charge in [0.05, 0.1) is 0 Å². The van der Waals surface area contributed by atoms with Crippen LogP contribution >= 0.6 is 0 Å². The van der Waals surface area contributed by atoms with Gasteiger partial charge in [0.25, 0.3) is 0 Å². The first-order valence-corrected chi connectivity index (χ1v) is 5.11. The molecule has 0 spiro atoms. The second-order valence-corrected chi connectivity index (χ2v) is 5.50. The van der Waals surface area contributed by atoms with E-state index in [9.17, 15) is 0 Å². The van der Waals surface area contributed by atoms with E-state index in [-0.39, 0.29) is 10.8 Å². The highest BCUT2D eigenvalue weighted by Crippen LogP contribution is 2.41. The Morgan fingerprint density at radius 2 is 1.57 bits per heavy atom. The maximum atomic E-state index is 5.80. The molecule has 78 valence electrons. The summed E-state index contributed by atoms with van der Waals surface area (Å²) in [4.78, 5) is 0. The third kappa shape index (κ3) is 1.92. The summed E-state index contributed by atoms with van der Waals surface area (Å²) in [5, 5.41) is 0. The number of benzene rings is 1. The maximum absolute atomic E-state index is 5.80. The molecule has 1 nitrogen and oxygen atoms in total. The molecular weight excluding hydrogens is 170 g/mol. The van der Waals surface area contributed by atoms with Crippen molar-refractivity contribution >= 4 is 5.69 Å². The van der Waals surface area contributed by atoms with Gasteiger partial charge in [-0.25, -0.2) is 0 Å². The van der Waals surface area contributed by atoms with Crippen LogP contribution in [0.2, 0.25) is 0 Å². The van der Waals surface area contributed by atoms with Gasteiger partial charge in [-0.05, 0) is 28.5 Å². The van der Waals surface area contributed by atoms with Gasteiger partial charge in [-0.1, -0.05) is 46.8 Å². The lowest BCUT2D eigenvalue weighted by Crippen LogP contribution is -2.33. The number of nitrogen functional groups attached to an aromatic ring is 1. The highest BCUT2D eigenvalue weighted by atomic mass is 14.5. The first kappa shape index (κ1) is 11.1. The van der Waals surface area contributed by atoms with Crippen molar-refractivity contribution < 1.29 is 0 Å². The Balaban J connectivity index is 3.16. The van der Waals surface area contributed by atoms with E-state index in [4.69, 9.17) is 5.73 Å². The first-order chi connectivity index (χ1) is 6.25. The zero-order chi connectivity index (χ0) is 11.0. The number of hydrogen-bond acceptors (Lipinski definition) is 1. The number of hydrogen-bond donors (Lipinski definition) is 1. The fourth-order valence-electron chi connectivity index (χ4n) is 1.36. The summed E-state index contributed by atoms with van der Waals surface area (Å²) >= 11 is 0. The molecule has 2 N–H and O–H groups in total. The Morgan fingerprint density at radius 3 is 2.00 bits per heavy atom. The van der Waals surface area contributed by atoms with Crippen LogP contribution in [0.15, 0.2) is 24.3 Å². The van der Waals surface area contributed by atoms with E-state index in [0.717, 1.165) is 5.69 Å². The zero-order valence-corrected chi connectivity index (χ0v) is 9.89. The molecule has 0 radical (unpaired) electrons. The van der Waals surface area contributed by atoms with Crippen LogP contribution in [-0.4, -0.2) is 0 Å². The Hall–Kier alpha value is -0.980. The lowest BCUT2D eigenvalue weighted by molar-refractivity contribution is 0.225. The molecule has 0 aliphatic carbocycles. The summed E-state index contributed by atoms with van der Waals surface area (Å²) < 4.78 is 0. The summed E-state index contributed by atoms with van der Waals surface area (Å²) in [6, 6.07) is 8.19. The summed E-state index contributed by atoms with van der Waals surface area (Å²) in [5.41, 5.74) is 8.33. The van der Waals surface area contributed by atoms with Gasteiger partial charge in [-0.2, -0.15) is 0 Å². The van der Waals surface area contributed by atoms with E-state index in [1.165, 1.54) is 5.56 Å². The highest BCUT2D eigenvalue weighted by Gasteiger charge is 2.34. The average molecular weight is 191 g/mol. The Labute approximate surface area is 87.3 Å². The summed E-state index contributed by atoms with van der Waals surface area (Å²) in [6.45, 7) is 11.3. The number of anilines is 1. The molecule has 0 bridgehead atoms. The van der Waals surface area contributed by atoms with Crippen LogP contribution in [0.5, 0.6) is 0 Å². The standard InChI is InChI=1S/C13H21N/c1-12(2,3)13(4,5)10-7-6-8-11(14)9-10/h6-9H,14H2,1-5H3. The van der Waals surface area contributed by atoms with Gasteiger partial charge >= 0.3 is 0 Å². The Kier molecular flexibility index (Phi) is 2.62. The minimum atomic E-state index is 0.141. The molecule has 0 unspecified atom stereocenters. The van der Waals surface area contributed by atoms with Crippen LogP contribution < -0.4 is 5.73 Å². The van der Waals surface area contributed by atoms with E-state index >= 15 is 0 Å². The molecule has 0 aliphatic heterocycles. The second kappa shape index (κ2) is 3.30. The molecule has 1 aromatic carbocycles. The normalized spacial score (nSPS) is 12.9. The topological polar surface area (TPSA) is 26.0 Å². The molecule has 0 saturated carbocycles. The molecule has 14 heavy (non-hydrogen) atoms. The molecule has 0 fully saturated rings. The fraction of sp³-hybridized carbons (Fsp3) is 0.538. The lowest BCUT2D eigenvalue weighted by Gasteiger charge is -2.39. The van der Waals surface area contributed by atoms with Gasteiger partial charge in [0.15, 0.2) is 0 Å². The smallest absolute Gasteiger partial charge is 0.0316 e. The van der Waals surface area contributed by atoms with Crippen LogP contribution in [0.4, 0.5) is 5.69 Å². The van der Waals surface area contributed by atoms with Crippen molar-refractivity contribution in [2.75, 3.05) is 5.73 Å². The Morgan fingerprint density at radius 1 is 1.00 bits per heavy atom. The SMILES string of the molecule is CC(C)(C)C(C)(C)c1cccc(N)c1. The summed E-state index contributed by atoms with van der Waals surface area (Å²) in [5.74, 6) is 0. The predicted octanol–water partition coefficient (Wildman–Crippen LogP) is 3.59. The van der Waals surface area contributed by atoms with Crippen molar-refractivity contribution in [1.82, 2.24) is 0 Å². The average Bonchev–Trinajstić information content (AvgIpc) is 2.02. The monoisotopic (exact) mass is 191 g/mol. The van der Waals surface area contributed by atoms with E-state index < -0.39 is 0 Å². The molecular formula is C13H21N. The van der Waals surface area contributed by atoms with E-state index in [1.807, 2.05) is 12.1 Å². The van der Waals surface area contributed by atoms with Gasteiger partial charge in [0.2, 0.25) is 0 Å². The number of nitrogens with two attached hydrogens (primary N) is 1. The van der Waals surface area contributed by atoms with Gasteiger partial charge in [-0.15, -0.1) is 0 Å². The zero-order valence-electron chi connectivity index (χ0n) is 9.89. The molecule has 1 aromatic rings. The predicted molar refractivity (Wildman–Crippen MR) is 63.3 cm³/mol. The van der Waals surface area contributed by atoms with Crippen molar-refractivity contribution in [3.63, 3.8) is 0 Å². The molecule has 1 heteroatoms. The van der Waals surface area contributed by atoms with Crippen LogP contribution in [0.1, 0.15) is 40.2 Å².